The summed E-state index contributed by atoms with van der Waals surface area (Å²) in [5.41, 5.74) is 10.0. The van der Waals surface area contributed by atoms with Crippen molar-refractivity contribution in [3.8, 4) is 0 Å². The first-order chi connectivity index (χ1) is 7.79. The van der Waals surface area contributed by atoms with E-state index in [0.717, 1.165) is 13.1 Å². The van der Waals surface area contributed by atoms with Crippen molar-refractivity contribution in [1.29, 1.82) is 0 Å². The van der Waals surface area contributed by atoms with Gasteiger partial charge < -0.3 is 10.3 Å². The van der Waals surface area contributed by atoms with Gasteiger partial charge >= 0.3 is 0 Å². The molecule has 0 bridgehead atoms. The molecule has 0 spiro atoms. The molecule has 1 aliphatic heterocycles. The van der Waals surface area contributed by atoms with Crippen molar-refractivity contribution in [2.24, 2.45) is 5.73 Å². The molecule has 0 saturated heterocycles. The summed E-state index contributed by atoms with van der Waals surface area (Å²) >= 11 is 0. The Morgan fingerprint density at radius 1 is 1.38 bits per heavy atom. The van der Waals surface area contributed by atoms with Crippen LogP contribution in [0.25, 0.3) is 10.9 Å². The molecular formula is C14H18N2. The highest BCUT2D eigenvalue weighted by Gasteiger charge is 2.21. The summed E-state index contributed by atoms with van der Waals surface area (Å²) < 4.78 is 2.46. The monoisotopic (exact) mass is 214 g/mol. The quantitative estimate of drug-likeness (QED) is 0.777. The first-order valence-electron chi connectivity index (χ1n) is 6.09. The zero-order valence-electron chi connectivity index (χ0n) is 9.74. The van der Waals surface area contributed by atoms with Crippen LogP contribution >= 0.6 is 0 Å². The van der Waals surface area contributed by atoms with Crippen LogP contribution in [0.2, 0.25) is 0 Å². The number of aryl methyl sites for hydroxylation is 2. The lowest BCUT2D eigenvalue weighted by Gasteiger charge is -2.24. The zero-order chi connectivity index (χ0) is 11.1. The highest BCUT2D eigenvalue weighted by molar-refractivity contribution is 5.82. The zero-order valence-corrected chi connectivity index (χ0v) is 9.74. The summed E-state index contributed by atoms with van der Waals surface area (Å²) in [7, 11) is 0. The first-order valence-corrected chi connectivity index (χ1v) is 6.09. The summed E-state index contributed by atoms with van der Waals surface area (Å²) in [6.07, 6.45) is 2.50. The van der Waals surface area contributed by atoms with Crippen molar-refractivity contribution >= 4 is 10.9 Å². The van der Waals surface area contributed by atoms with E-state index in [4.69, 9.17) is 5.73 Å². The first kappa shape index (κ1) is 9.91. The van der Waals surface area contributed by atoms with E-state index in [2.05, 4.69) is 35.8 Å². The minimum Gasteiger partial charge on any atom is -0.344 e. The van der Waals surface area contributed by atoms with Crippen molar-refractivity contribution in [2.45, 2.75) is 32.2 Å². The molecule has 0 fully saturated rings. The fraction of sp³-hybridized carbons (Fsp3) is 0.429. The standard InChI is InChI=1S/C14H18N2/c1-10-4-5-11-8-14-12(9-15)3-2-6-16(14)13(11)7-10/h4-5,7-8,12H,2-3,6,9,15H2,1H3. The number of hydrogen-bond donors (Lipinski definition) is 1. The van der Waals surface area contributed by atoms with Gasteiger partial charge in [0, 0.05) is 30.2 Å². The summed E-state index contributed by atoms with van der Waals surface area (Å²) in [4.78, 5) is 0. The van der Waals surface area contributed by atoms with E-state index < -0.39 is 0 Å². The van der Waals surface area contributed by atoms with Crippen LogP contribution in [0.15, 0.2) is 24.3 Å². The molecule has 1 aromatic heterocycles. The van der Waals surface area contributed by atoms with Crippen molar-refractivity contribution < 1.29 is 0 Å². The van der Waals surface area contributed by atoms with Crippen molar-refractivity contribution in [3.63, 3.8) is 0 Å². The number of nitrogens with two attached hydrogens (primary N) is 1. The molecule has 0 radical (unpaired) electrons. The Balaban J connectivity index is 2.24. The predicted molar refractivity (Wildman–Crippen MR) is 67.7 cm³/mol. The Kier molecular flexibility index (Phi) is 2.25. The van der Waals surface area contributed by atoms with Crippen LogP contribution in [-0.2, 0) is 6.54 Å². The van der Waals surface area contributed by atoms with Gasteiger partial charge in [-0.25, -0.2) is 0 Å². The molecule has 2 N–H and O–H groups in total. The Hall–Kier alpha value is -1.28. The number of hydrogen-bond acceptors (Lipinski definition) is 1. The van der Waals surface area contributed by atoms with Crippen molar-refractivity contribution in [1.82, 2.24) is 4.57 Å². The van der Waals surface area contributed by atoms with Crippen molar-refractivity contribution in [3.05, 3.63) is 35.5 Å². The van der Waals surface area contributed by atoms with E-state index in [1.54, 1.807) is 0 Å². The molecule has 2 heterocycles. The van der Waals surface area contributed by atoms with Gasteiger partial charge in [0.15, 0.2) is 0 Å². The normalized spacial score (nSPS) is 20.0. The van der Waals surface area contributed by atoms with E-state index in [1.807, 2.05) is 0 Å². The molecule has 1 atom stereocenters. The summed E-state index contributed by atoms with van der Waals surface area (Å²) in [5.74, 6) is 0.557. The van der Waals surface area contributed by atoms with Crippen LogP contribution < -0.4 is 5.73 Å². The fourth-order valence-electron chi connectivity index (χ4n) is 2.86. The molecule has 0 amide bonds. The van der Waals surface area contributed by atoms with Crippen LogP contribution in [0, 0.1) is 6.92 Å². The van der Waals surface area contributed by atoms with Gasteiger partial charge in [-0.2, -0.15) is 0 Å². The molecule has 2 nitrogen and oxygen atoms in total. The van der Waals surface area contributed by atoms with E-state index in [-0.39, 0.29) is 0 Å². The summed E-state index contributed by atoms with van der Waals surface area (Å²) in [6, 6.07) is 9.03. The highest BCUT2D eigenvalue weighted by Crippen LogP contribution is 2.32. The lowest BCUT2D eigenvalue weighted by atomic mass is 9.96. The number of benzene rings is 1. The van der Waals surface area contributed by atoms with Gasteiger partial charge in [0.25, 0.3) is 0 Å². The highest BCUT2D eigenvalue weighted by atomic mass is 15.0. The maximum atomic E-state index is 5.86. The molecule has 0 aliphatic carbocycles. The average molecular weight is 214 g/mol. The largest absolute Gasteiger partial charge is 0.344 e. The third-order valence-electron chi connectivity index (χ3n) is 3.73. The number of aromatic nitrogens is 1. The maximum Gasteiger partial charge on any atom is 0.0485 e. The SMILES string of the molecule is Cc1ccc2cc3n(c2c1)CCCC3CN. The van der Waals surface area contributed by atoms with Gasteiger partial charge in [0.05, 0.1) is 0 Å². The lowest BCUT2D eigenvalue weighted by molar-refractivity contribution is 0.467. The smallest absolute Gasteiger partial charge is 0.0485 e. The minimum absolute atomic E-state index is 0.557. The summed E-state index contributed by atoms with van der Waals surface area (Å²) in [6.45, 7) is 4.08. The molecule has 16 heavy (non-hydrogen) atoms. The van der Waals surface area contributed by atoms with Crippen LogP contribution in [0.1, 0.15) is 30.0 Å². The van der Waals surface area contributed by atoms with E-state index in [1.165, 1.54) is 35.0 Å². The third-order valence-corrected chi connectivity index (χ3v) is 3.73. The molecule has 2 heteroatoms. The molecule has 1 aromatic carbocycles. The van der Waals surface area contributed by atoms with Gasteiger partial charge in [0.2, 0.25) is 0 Å². The lowest BCUT2D eigenvalue weighted by Crippen LogP contribution is -2.21. The Labute approximate surface area is 96.1 Å². The van der Waals surface area contributed by atoms with Gasteiger partial charge in [-0.15, -0.1) is 0 Å². The van der Waals surface area contributed by atoms with Crippen LogP contribution in [0.3, 0.4) is 0 Å². The van der Waals surface area contributed by atoms with Crippen LogP contribution in [-0.4, -0.2) is 11.1 Å². The second-order valence-corrected chi connectivity index (χ2v) is 4.86. The summed E-state index contributed by atoms with van der Waals surface area (Å²) in [5, 5.41) is 1.36. The molecule has 2 aromatic rings. The maximum absolute atomic E-state index is 5.86. The average Bonchev–Trinajstić information content (AvgIpc) is 2.67. The Bertz CT molecular complexity index is 525. The minimum atomic E-state index is 0.557. The Morgan fingerprint density at radius 3 is 3.06 bits per heavy atom. The number of rotatable bonds is 1. The second kappa shape index (κ2) is 3.63. The number of nitrogens with zero attached hydrogens (tertiary/aromatic N) is 1. The number of fused-ring (bicyclic) bond motifs is 3. The molecular weight excluding hydrogens is 196 g/mol. The molecule has 3 rings (SSSR count). The van der Waals surface area contributed by atoms with Crippen molar-refractivity contribution in [2.75, 3.05) is 6.54 Å². The molecule has 1 unspecified atom stereocenters. The van der Waals surface area contributed by atoms with Gasteiger partial charge in [-0.1, -0.05) is 12.1 Å². The fourth-order valence-corrected chi connectivity index (χ4v) is 2.86. The van der Waals surface area contributed by atoms with Gasteiger partial charge in [-0.3, -0.25) is 0 Å². The van der Waals surface area contributed by atoms with E-state index in [0.29, 0.717) is 5.92 Å². The molecule has 0 saturated carbocycles. The Morgan fingerprint density at radius 2 is 2.25 bits per heavy atom. The van der Waals surface area contributed by atoms with Gasteiger partial charge in [0.1, 0.15) is 0 Å². The molecule has 84 valence electrons. The predicted octanol–water partition coefficient (Wildman–Crippen LogP) is 2.79. The van der Waals surface area contributed by atoms with Crippen LogP contribution in [0.5, 0.6) is 0 Å². The molecule has 1 aliphatic rings. The third kappa shape index (κ3) is 1.37. The van der Waals surface area contributed by atoms with E-state index >= 15 is 0 Å². The topological polar surface area (TPSA) is 30.9 Å². The second-order valence-electron chi connectivity index (χ2n) is 4.86. The van der Waals surface area contributed by atoms with Crippen LogP contribution in [0.4, 0.5) is 0 Å². The van der Waals surface area contributed by atoms with E-state index in [9.17, 15) is 0 Å². The van der Waals surface area contributed by atoms with Gasteiger partial charge in [-0.05, 0) is 42.8 Å².